The van der Waals surface area contributed by atoms with Gasteiger partial charge in [-0.15, -0.1) is 0 Å². The van der Waals surface area contributed by atoms with Crippen molar-refractivity contribution in [2.24, 2.45) is 0 Å². The normalized spacial score (nSPS) is 40.2. The Morgan fingerprint density at radius 1 is 1.15 bits per heavy atom. The van der Waals surface area contributed by atoms with Crippen molar-refractivity contribution in [1.29, 1.82) is 0 Å². The first-order valence-corrected chi connectivity index (χ1v) is 4.44. The molecule has 0 aliphatic carbocycles. The number of hydrogen-bond acceptors (Lipinski definition) is 5. The van der Waals surface area contributed by atoms with Crippen LogP contribution < -0.4 is 5.32 Å². The van der Waals surface area contributed by atoms with Crippen molar-refractivity contribution < 1.29 is 15.3 Å². The van der Waals surface area contributed by atoms with E-state index in [4.69, 9.17) is 5.11 Å². The van der Waals surface area contributed by atoms with Gasteiger partial charge >= 0.3 is 0 Å². The summed E-state index contributed by atoms with van der Waals surface area (Å²) in [5, 5.41) is 30.8. The lowest BCUT2D eigenvalue weighted by Crippen LogP contribution is -2.42. The van der Waals surface area contributed by atoms with Gasteiger partial charge in [-0.3, -0.25) is 0 Å². The fraction of sp³-hybridized carbons (Fsp3) is 1.00. The van der Waals surface area contributed by atoms with Crippen molar-refractivity contribution in [3.05, 3.63) is 0 Å². The molecule has 1 fully saturated rings. The van der Waals surface area contributed by atoms with Crippen LogP contribution in [0.2, 0.25) is 0 Å². The molecular formula is C8H18N2O3. The third-order valence-electron chi connectivity index (χ3n) is 2.36. The molecule has 1 rings (SSSR count). The standard InChI is InChI=1S/C8H18N2O3/c1-10(2)3-5-7(12)8(13)6(4-11)9-5/h5-9,11-13H,3-4H2,1-2H3. The first-order valence-electron chi connectivity index (χ1n) is 4.44. The molecule has 1 heterocycles. The molecule has 0 amide bonds. The van der Waals surface area contributed by atoms with Crippen LogP contribution in [0.3, 0.4) is 0 Å². The highest BCUT2D eigenvalue weighted by molar-refractivity contribution is 4.98. The molecule has 0 bridgehead atoms. The number of nitrogens with one attached hydrogen (secondary N) is 1. The Morgan fingerprint density at radius 3 is 2.08 bits per heavy atom. The Bertz CT molecular complexity index is 165. The number of aliphatic hydroxyl groups excluding tert-OH is 3. The van der Waals surface area contributed by atoms with E-state index in [1.165, 1.54) is 0 Å². The maximum Gasteiger partial charge on any atom is 0.0989 e. The maximum absolute atomic E-state index is 9.56. The van der Waals surface area contributed by atoms with Gasteiger partial charge in [0.15, 0.2) is 0 Å². The Kier molecular flexibility index (Phi) is 3.63. The van der Waals surface area contributed by atoms with Crippen LogP contribution in [-0.2, 0) is 0 Å². The molecule has 13 heavy (non-hydrogen) atoms. The average Bonchev–Trinajstić information content (AvgIpc) is 2.32. The number of likely N-dealkylation sites (N-methyl/N-ethyl adjacent to an activating group) is 1. The van der Waals surface area contributed by atoms with Crippen LogP contribution in [0.15, 0.2) is 0 Å². The van der Waals surface area contributed by atoms with Crippen LogP contribution in [-0.4, -0.2) is 71.8 Å². The lowest BCUT2D eigenvalue weighted by atomic mass is 10.1. The summed E-state index contributed by atoms with van der Waals surface area (Å²) in [5.74, 6) is 0. The molecule has 0 aromatic carbocycles. The van der Waals surface area contributed by atoms with Crippen molar-refractivity contribution in [3.8, 4) is 0 Å². The van der Waals surface area contributed by atoms with E-state index in [0.717, 1.165) is 0 Å². The summed E-state index contributed by atoms with van der Waals surface area (Å²) >= 11 is 0. The van der Waals surface area contributed by atoms with E-state index >= 15 is 0 Å². The minimum Gasteiger partial charge on any atom is -0.395 e. The van der Waals surface area contributed by atoms with E-state index < -0.39 is 18.2 Å². The number of hydrogen-bond donors (Lipinski definition) is 4. The van der Waals surface area contributed by atoms with Gasteiger partial charge in [0.05, 0.1) is 24.9 Å². The van der Waals surface area contributed by atoms with E-state index in [-0.39, 0.29) is 12.6 Å². The summed E-state index contributed by atoms with van der Waals surface area (Å²) in [4.78, 5) is 1.92. The quantitative estimate of drug-likeness (QED) is 0.399. The van der Waals surface area contributed by atoms with Gasteiger partial charge in [0.1, 0.15) is 0 Å². The van der Waals surface area contributed by atoms with Gasteiger partial charge in [0.2, 0.25) is 0 Å². The van der Waals surface area contributed by atoms with Gasteiger partial charge in [0, 0.05) is 12.6 Å². The number of nitrogens with zero attached hydrogens (tertiary/aromatic N) is 1. The van der Waals surface area contributed by atoms with Gasteiger partial charge < -0.3 is 25.5 Å². The summed E-state index contributed by atoms with van der Waals surface area (Å²) in [6.07, 6.45) is -1.66. The second kappa shape index (κ2) is 4.34. The molecule has 1 saturated heterocycles. The zero-order valence-electron chi connectivity index (χ0n) is 8.01. The van der Waals surface area contributed by atoms with Crippen LogP contribution in [0.4, 0.5) is 0 Å². The fourth-order valence-corrected chi connectivity index (χ4v) is 1.66. The zero-order valence-corrected chi connectivity index (χ0v) is 8.01. The number of rotatable bonds is 3. The molecule has 0 spiro atoms. The maximum atomic E-state index is 9.56. The highest BCUT2D eigenvalue weighted by Crippen LogP contribution is 2.14. The zero-order chi connectivity index (χ0) is 10.0. The molecule has 0 aromatic rings. The van der Waals surface area contributed by atoms with Crippen molar-refractivity contribution in [2.45, 2.75) is 24.3 Å². The van der Waals surface area contributed by atoms with E-state index in [0.29, 0.717) is 6.54 Å². The lowest BCUT2D eigenvalue weighted by Gasteiger charge is -2.19. The van der Waals surface area contributed by atoms with Crippen molar-refractivity contribution >= 4 is 0 Å². The molecule has 0 radical (unpaired) electrons. The molecule has 5 nitrogen and oxygen atoms in total. The molecule has 4 unspecified atom stereocenters. The molecule has 78 valence electrons. The second-order valence-corrected chi connectivity index (χ2v) is 3.81. The number of aliphatic hydroxyl groups is 3. The average molecular weight is 190 g/mol. The van der Waals surface area contributed by atoms with Gasteiger partial charge in [0.25, 0.3) is 0 Å². The molecule has 0 aromatic heterocycles. The first kappa shape index (κ1) is 10.9. The van der Waals surface area contributed by atoms with Crippen LogP contribution >= 0.6 is 0 Å². The molecule has 1 aliphatic rings. The summed E-state index contributed by atoms with van der Waals surface area (Å²) in [5.41, 5.74) is 0. The predicted molar refractivity (Wildman–Crippen MR) is 48.4 cm³/mol. The van der Waals surface area contributed by atoms with Gasteiger partial charge in [-0.2, -0.15) is 0 Å². The Hall–Kier alpha value is -0.200. The Morgan fingerprint density at radius 2 is 1.69 bits per heavy atom. The summed E-state index contributed by atoms with van der Waals surface area (Å²) in [7, 11) is 3.79. The second-order valence-electron chi connectivity index (χ2n) is 3.81. The molecule has 4 atom stereocenters. The molecule has 4 N–H and O–H groups in total. The fourth-order valence-electron chi connectivity index (χ4n) is 1.66. The summed E-state index contributed by atoms with van der Waals surface area (Å²) in [6, 6.07) is -0.568. The van der Waals surface area contributed by atoms with Gasteiger partial charge in [-0.05, 0) is 14.1 Å². The monoisotopic (exact) mass is 190 g/mol. The molecule has 0 saturated carbocycles. The Balaban J connectivity index is 2.50. The van der Waals surface area contributed by atoms with Crippen molar-refractivity contribution in [1.82, 2.24) is 10.2 Å². The minimum atomic E-state index is -0.866. The SMILES string of the molecule is CN(C)CC1NC(CO)C(O)C1O. The molecule has 1 aliphatic heterocycles. The highest BCUT2D eigenvalue weighted by Gasteiger charge is 2.40. The summed E-state index contributed by atoms with van der Waals surface area (Å²) < 4.78 is 0. The van der Waals surface area contributed by atoms with Gasteiger partial charge in [-0.1, -0.05) is 0 Å². The third kappa shape index (κ3) is 2.38. The van der Waals surface area contributed by atoms with E-state index in [2.05, 4.69) is 5.32 Å². The van der Waals surface area contributed by atoms with Crippen molar-refractivity contribution in [2.75, 3.05) is 27.2 Å². The predicted octanol–water partition coefficient (Wildman–Crippen LogP) is -2.40. The van der Waals surface area contributed by atoms with E-state index in [9.17, 15) is 10.2 Å². The Labute approximate surface area is 78.0 Å². The summed E-state index contributed by atoms with van der Waals surface area (Å²) in [6.45, 7) is 0.497. The topological polar surface area (TPSA) is 76.0 Å². The smallest absolute Gasteiger partial charge is 0.0989 e. The molecule has 5 heteroatoms. The van der Waals surface area contributed by atoms with Gasteiger partial charge in [-0.25, -0.2) is 0 Å². The van der Waals surface area contributed by atoms with Crippen LogP contribution in [0.25, 0.3) is 0 Å². The first-order chi connectivity index (χ1) is 6.06. The molecular weight excluding hydrogens is 172 g/mol. The van der Waals surface area contributed by atoms with Crippen molar-refractivity contribution in [3.63, 3.8) is 0 Å². The van der Waals surface area contributed by atoms with Crippen LogP contribution in [0.1, 0.15) is 0 Å². The largest absolute Gasteiger partial charge is 0.395 e. The third-order valence-corrected chi connectivity index (χ3v) is 2.36. The van der Waals surface area contributed by atoms with E-state index in [1.807, 2.05) is 19.0 Å². The highest BCUT2D eigenvalue weighted by atomic mass is 16.3. The van der Waals surface area contributed by atoms with E-state index in [1.54, 1.807) is 0 Å². The van der Waals surface area contributed by atoms with Crippen LogP contribution in [0.5, 0.6) is 0 Å². The minimum absolute atomic E-state index is 0.151. The lowest BCUT2D eigenvalue weighted by molar-refractivity contribution is 0.0172. The van der Waals surface area contributed by atoms with Crippen LogP contribution in [0, 0.1) is 0 Å².